The first kappa shape index (κ1) is 16.5. The first-order chi connectivity index (χ1) is 10.9. The maximum Gasteiger partial charge on any atom is 0.417 e. The van der Waals surface area contributed by atoms with Crippen molar-refractivity contribution in [2.24, 2.45) is 5.10 Å². The van der Waals surface area contributed by atoms with Gasteiger partial charge in [-0.25, -0.2) is 5.43 Å². The molecule has 0 atom stereocenters. The van der Waals surface area contributed by atoms with Gasteiger partial charge in [0.1, 0.15) is 6.54 Å². The van der Waals surface area contributed by atoms with E-state index in [1.54, 1.807) is 24.3 Å². The summed E-state index contributed by atoms with van der Waals surface area (Å²) in [5.74, 6) is -0.710. The molecule has 0 aliphatic rings. The maximum absolute atomic E-state index is 12.6. The van der Waals surface area contributed by atoms with Gasteiger partial charge in [0, 0.05) is 12.3 Å². The number of hydrogen-bond acceptors (Lipinski definition) is 3. The Bertz CT molecular complexity index is 768. The minimum Gasteiger partial charge on any atom is -0.305 e. The van der Waals surface area contributed by atoms with Crippen LogP contribution in [0.1, 0.15) is 11.1 Å². The normalized spacial score (nSPS) is 11.6. The van der Waals surface area contributed by atoms with Crippen LogP contribution in [0.5, 0.6) is 0 Å². The first-order valence-corrected chi connectivity index (χ1v) is 6.51. The smallest absolute Gasteiger partial charge is 0.305 e. The van der Waals surface area contributed by atoms with Crippen molar-refractivity contribution in [1.82, 2.24) is 9.99 Å². The van der Waals surface area contributed by atoms with Crippen LogP contribution in [-0.4, -0.2) is 16.7 Å². The standard InChI is InChI=1S/C15H12F3N3O2/c16-15(17,18)12-6-7-14(23)21(9-12)10-13(22)20-19-8-11-4-2-1-3-5-11/h1-9H,10H2,(H,20,22)/b19-8-. The van der Waals surface area contributed by atoms with E-state index >= 15 is 0 Å². The van der Waals surface area contributed by atoms with Crippen molar-refractivity contribution in [2.45, 2.75) is 12.7 Å². The molecular formula is C15H12F3N3O2. The minimum atomic E-state index is -4.59. The highest BCUT2D eigenvalue weighted by Crippen LogP contribution is 2.27. The maximum atomic E-state index is 12.6. The zero-order chi connectivity index (χ0) is 16.9. The summed E-state index contributed by atoms with van der Waals surface area (Å²) >= 11 is 0. The lowest BCUT2D eigenvalue weighted by molar-refractivity contribution is -0.138. The largest absolute Gasteiger partial charge is 0.417 e. The summed E-state index contributed by atoms with van der Waals surface area (Å²) in [7, 11) is 0. The van der Waals surface area contributed by atoms with Crippen molar-refractivity contribution in [3.05, 3.63) is 70.1 Å². The second-order valence-electron chi connectivity index (χ2n) is 4.59. The quantitative estimate of drug-likeness (QED) is 0.691. The number of aromatic nitrogens is 1. The molecule has 0 aliphatic carbocycles. The fourth-order valence-corrected chi connectivity index (χ4v) is 1.73. The number of carbonyl (C=O) groups is 1. The van der Waals surface area contributed by atoms with Gasteiger partial charge in [0.15, 0.2) is 0 Å². The van der Waals surface area contributed by atoms with Gasteiger partial charge in [-0.05, 0) is 11.6 Å². The Hall–Kier alpha value is -2.90. The van der Waals surface area contributed by atoms with Gasteiger partial charge in [-0.2, -0.15) is 18.3 Å². The van der Waals surface area contributed by atoms with Gasteiger partial charge < -0.3 is 4.57 Å². The van der Waals surface area contributed by atoms with Gasteiger partial charge in [-0.3, -0.25) is 9.59 Å². The number of hydrazone groups is 1. The molecule has 0 saturated carbocycles. The number of pyridine rings is 1. The van der Waals surface area contributed by atoms with E-state index in [0.717, 1.165) is 11.6 Å². The topological polar surface area (TPSA) is 63.5 Å². The van der Waals surface area contributed by atoms with Gasteiger partial charge in [0.2, 0.25) is 0 Å². The van der Waals surface area contributed by atoms with E-state index in [-0.39, 0.29) is 0 Å². The van der Waals surface area contributed by atoms with E-state index in [9.17, 15) is 22.8 Å². The van der Waals surface area contributed by atoms with Crippen LogP contribution >= 0.6 is 0 Å². The summed E-state index contributed by atoms with van der Waals surface area (Å²) < 4.78 is 38.4. The van der Waals surface area contributed by atoms with Crippen LogP contribution in [0.2, 0.25) is 0 Å². The van der Waals surface area contributed by atoms with Crippen LogP contribution in [0.15, 0.2) is 58.6 Å². The average Bonchev–Trinajstić information content (AvgIpc) is 2.49. The minimum absolute atomic E-state index is 0.561. The van der Waals surface area contributed by atoms with Crippen molar-refractivity contribution >= 4 is 12.1 Å². The van der Waals surface area contributed by atoms with Crippen LogP contribution in [0.4, 0.5) is 13.2 Å². The molecule has 1 heterocycles. The molecule has 1 N–H and O–H groups in total. The third kappa shape index (κ3) is 4.80. The molecular weight excluding hydrogens is 311 g/mol. The predicted octanol–water partition coefficient (Wildman–Crippen LogP) is 2.02. The number of halogens is 3. The van der Waals surface area contributed by atoms with Crippen molar-refractivity contribution in [3.8, 4) is 0 Å². The fraction of sp³-hybridized carbons (Fsp3) is 0.133. The Morgan fingerprint density at radius 2 is 1.87 bits per heavy atom. The number of benzene rings is 1. The monoisotopic (exact) mass is 323 g/mol. The van der Waals surface area contributed by atoms with Crippen molar-refractivity contribution in [3.63, 3.8) is 0 Å². The Kier molecular flexibility index (Phi) is 4.95. The van der Waals surface area contributed by atoms with Crippen LogP contribution in [0, 0.1) is 0 Å². The average molecular weight is 323 g/mol. The van der Waals surface area contributed by atoms with Crippen molar-refractivity contribution in [2.75, 3.05) is 0 Å². The number of alkyl halides is 3. The fourth-order valence-electron chi connectivity index (χ4n) is 1.73. The number of nitrogens with zero attached hydrogens (tertiary/aromatic N) is 2. The van der Waals surface area contributed by atoms with Crippen LogP contribution in [-0.2, 0) is 17.5 Å². The van der Waals surface area contributed by atoms with E-state index in [1.165, 1.54) is 6.21 Å². The molecule has 0 radical (unpaired) electrons. The Labute approximate surface area is 129 Å². The van der Waals surface area contributed by atoms with Crippen LogP contribution < -0.4 is 11.0 Å². The van der Waals surface area contributed by atoms with E-state index in [0.29, 0.717) is 16.8 Å². The summed E-state index contributed by atoms with van der Waals surface area (Å²) in [5, 5.41) is 3.68. The van der Waals surface area contributed by atoms with Gasteiger partial charge in [0.05, 0.1) is 11.8 Å². The molecule has 0 bridgehead atoms. The molecule has 5 nitrogen and oxygen atoms in total. The van der Waals surface area contributed by atoms with E-state index in [4.69, 9.17) is 0 Å². The molecule has 120 valence electrons. The lowest BCUT2D eigenvalue weighted by Crippen LogP contribution is -2.30. The number of carbonyl (C=O) groups excluding carboxylic acids is 1. The lowest BCUT2D eigenvalue weighted by Gasteiger charge is -2.09. The Morgan fingerprint density at radius 3 is 2.52 bits per heavy atom. The molecule has 23 heavy (non-hydrogen) atoms. The van der Waals surface area contributed by atoms with Gasteiger partial charge in [-0.15, -0.1) is 0 Å². The van der Waals surface area contributed by atoms with E-state index < -0.39 is 29.8 Å². The summed E-state index contributed by atoms with van der Waals surface area (Å²) in [6.07, 6.45) is -2.60. The third-order valence-electron chi connectivity index (χ3n) is 2.83. The highest BCUT2D eigenvalue weighted by Gasteiger charge is 2.31. The summed E-state index contributed by atoms with van der Waals surface area (Å²) in [6, 6.07) is 10.3. The summed E-state index contributed by atoms with van der Waals surface area (Å²) in [6.45, 7) is -0.561. The number of rotatable bonds is 4. The number of hydrogen-bond donors (Lipinski definition) is 1. The Morgan fingerprint density at radius 1 is 1.17 bits per heavy atom. The van der Waals surface area contributed by atoms with Gasteiger partial charge >= 0.3 is 6.18 Å². The molecule has 8 heteroatoms. The van der Waals surface area contributed by atoms with Crippen LogP contribution in [0.25, 0.3) is 0 Å². The second-order valence-corrected chi connectivity index (χ2v) is 4.59. The molecule has 0 fully saturated rings. The molecule has 1 aromatic heterocycles. The highest BCUT2D eigenvalue weighted by molar-refractivity contribution is 5.82. The highest BCUT2D eigenvalue weighted by atomic mass is 19.4. The molecule has 2 rings (SSSR count). The lowest BCUT2D eigenvalue weighted by atomic mass is 10.2. The Balaban J connectivity index is 2.03. The number of nitrogens with one attached hydrogen (secondary N) is 1. The van der Waals surface area contributed by atoms with Gasteiger partial charge in [0.25, 0.3) is 11.5 Å². The molecule has 1 amide bonds. The van der Waals surface area contributed by atoms with E-state index in [2.05, 4.69) is 10.5 Å². The SMILES string of the molecule is O=C(Cn1cc(C(F)(F)F)ccc1=O)N/N=C\c1ccccc1. The third-order valence-corrected chi connectivity index (χ3v) is 2.83. The first-order valence-electron chi connectivity index (χ1n) is 6.51. The number of amides is 1. The molecule has 0 aliphatic heterocycles. The molecule has 2 aromatic rings. The van der Waals surface area contributed by atoms with E-state index in [1.807, 2.05) is 6.07 Å². The van der Waals surface area contributed by atoms with Gasteiger partial charge in [-0.1, -0.05) is 30.3 Å². The molecule has 0 unspecified atom stereocenters. The zero-order valence-corrected chi connectivity index (χ0v) is 11.7. The summed E-state index contributed by atoms with van der Waals surface area (Å²) in [5.41, 5.74) is 1.18. The van der Waals surface area contributed by atoms with Crippen molar-refractivity contribution in [1.29, 1.82) is 0 Å². The molecule has 0 spiro atoms. The van der Waals surface area contributed by atoms with Crippen LogP contribution in [0.3, 0.4) is 0 Å². The molecule has 1 aromatic carbocycles. The predicted molar refractivity (Wildman–Crippen MR) is 77.9 cm³/mol. The van der Waals surface area contributed by atoms with Crippen molar-refractivity contribution < 1.29 is 18.0 Å². The summed E-state index contributed by atoms with van der Waals surface area (Å²) in [4.78, 5) is 23.2. The zero-order valence-electron chi connectivity index (χ0n) is 11.7. The molecule has 0 saturated heterocycles. The second kappa shape index (κ2) is 6.91.